The number of fused-ring (bicyclic) bond motifs is 2. The number of carbonyl (C=O) groups excluding carboxylic acids is 1. The minimum Gasteiger partial charge on any atom is -0.491 e. The summed E-state index contributed by atoms with van der Waals surface area (Å²) in [6.07, 6.45) is 1.36. The average molecular weight is 405 g/mol. The summed E-state index contributed by atoms with van der Waals surface area (Å²) in [5.74, 6) is -2.01. The molecule has 2 aromatic rings. The minimum atomic E-state index is -0.766. The number of hydrogen-bond donors (Lipinski definition) is 1. The van der Waals surface area contributed by atoms with Crippen LogP contribution >= 0.6 is 0 Å². The van der Waals surface area contributed by atoms with Crippen molar-refractivity contribution in [3.63, 3.8) is 0 Å². The van der Waals surface area contributed by atoms with E-state index in [1.165, 1.54) is 19.4 Å². The second kappa shape index (κ2) is 7.57. The third-order valence-electron chi connectivity index (χ3n) is 5.40. The Hall–Kier alpha value is -2.78. The van der Waals surface area contributed by atoms with Gasteiger partial charge in [-0.1, -0.05) is 6.07 Å². The predicted octanol–water partition coefficient (Wildman–Crippen LogP) is 1.63. The van der Waals surface area contributed by atoms with Gasteiger partial charge < -0.3 is 19.4 Å². The average Bonchev–Trinajstić information content (AvgIpc) is 3.05. The fraction of sp³-hybridized carbons (Fsp3) is 0.400. The number of amides is 1. The van der Waals surface area contributed by atoms with Crippen molar-refractivity contribution in [1.82, 2.24) is 14.8 Å². The maximum Gasteiger partial charge on any atom is 0.257 e. The molecule has 1 aromatic carbocycles. The highest BCUT2D eigenvalue weighted by atomic mass is 19.1. The van der Waals surface area contributed by atoms with Crippen molar-refractivity contribution in [2.45, 2.75) is 38.8 Å². The monoisotopic (exact) mass is 405 g/mol. The molecule has 4 rings (SSSR count). The molecule has 0 unspecified atom stereocenters. The number of methoxy groups -OCH3 is 1. The van der Waals surface area contributed by atoms with Gasteiger partial charge in [0.1, 0.15) is 23.4 Å². The van der Waals surface area contributed by atoms with Crippen LogP contribution in [0.3, 0.4) is 0 Å². The van der Waals surface area contributed by atoms with Crippen molar-refractivity contribution >= 4 is 5.91 Å². The van der Waals surface area contributed by atoms with E-state index in [-0.39, 0.29) is 35.7 Å². The van der Waals surface area contributed by atoms with Crippen LogP contribution in [0.1, 0.15) is 28.5 Å². The Morgan fingerprint density at radius 2 is 2.17 bits per heavy atom. The van der Waals surface area contributed by atoms with Gasteiger partial charge in [-0.3, -0.25) is 14.5 Å². The van der Waals surface area contributed by atoms with Gasteiger partial charge in [-0.25, -0.2) is 8.78 Å². The molecule has 29 heavy (non-hydrogen) atoms. The van der Waals surface area contributed by atoms with Crippen molar-refractivity contribution < 1.29 is 23.0 Å². The first-order valence-electron chi connectivity index (χ1n) is 9.28. The summed E-state index contributed by atoms with van der Waals surface area (Å²) >= 11 is 0. The van der Waals surface area contributed by atoms with Gasteiger partial charge in [-0.05, 0) is 13.0 Å². The van der Waals surface area contributed by atoms with Crippen molar-refractivity contribution in [2.75, 3.05) is 13.7 Å². The van der Waals surface area contributed by atoms with Crippen molar-refractivity contribution in [3.05, 3.63) is 63.1 Å². The number of ether oxygens (including phenoxy) is 2. The maximum absolute atomic E-state index is 13.8. The van der Waals surface area contributed by atoms with Crippen LogP contribution in [-0.2, 0) is 24.4 Å². The highest BCUT2D eigenvalue weighted by Gasteiger charge is 2.37. The molecule has 7 nitrogen and oxygen atoms in total. The topological polar surface area (TPSA) is 72.8 Å². The molecule has 154 valence electrons. The van der Waals surface area contributed by atoms with E-state index < -0.39 is 23.0 Å². The largest absolute Gasteiger partial charge is 0.491 e. The molecule has 1 amide bonds. The van der Waals surface area contributed by atoms with Gasteiger partial charge in [0, 0.05) is 37.0 Å². The number of benzene rings is 1. The number of nitrogens with one attached hydrogen (secondary N) is 1. The van der Waals surface area contributed by atoms with E-state index >= 15 is 0 Å². The number of pyridine rings is 1. The van der Waals surface area contributed by atoms with Crippen LogP contribution < -0.4 is 15.5 Å². The van der Waals surface area contributed by atoms with E-state index in [4.69, 9.17) is 9.47 Å². The summed E-state index contributed by atoms with van der Waals surface area (Å²) in [6.45, 7) is 3.42. The number of aromatic nitrogens is 1. The molecule has 0 radical (unpaired) electrons. The van der Waals surface area contributed by atoms with Gasteiger partial charge in [-0.2, -0.15) is 0 Å². The van der Waals surface area contributed by atoms with Gasteiger partial charge in [0.15, 0.2) is 5.75 Å². The number of nitrogens with zero attached hydrogens (tertiary/aromatic N) is 2. The minimum absolute atomic E-state index is 0.104. The van der Waals surface area contributed by atoms with Crippen LogP contribution in [-0.4, -0.2) is 41.4 Å². The molecule has 1 N–H and O–H groups in total. The first kappa shape index (κ1) is 19.5. The number of halogens is 2. The van der Waals surface area contributed by atoms with E-state index in [0.717, 1.165) is 12.1 Å². The highest BCUT2D eigenvalue weighted by Crippen LogP contribution is 2.29. The normalized spacial score (nSPS) is 20.8. The Balaban J connectivity index is 1.61. The summed E-state index contributed by atoms with van der Waals surface area (Å²) in [4.78, 5) is 27.6. The second-order valence-corrected chi connectivity index (χ2v) is 7.23. The van der Waals surface area contributed by atoms with Gasteiger partial charge in [0.25, 0.3) is 5.91 Å². The molecule has 2 aliphatic heterocycles. The zero-order valence-electron chi connectivity index (χ0n) is 16.1. The summed E-state index contributed by atoms with van der Waals surface area (Å²) in [5.41, 5.74) is 0.177. The Bertz CT molecular complexity index is 1020. The molecular weight excluding hydrogens is 384 g/mol. The molecular formula is C20H21F2N3O4. The molecule has 0 spiro atoms. The van der Waals surface area contributed by atoms with Crippen LogP contribution in [0.4, 0.5) is 8.78 Å². The Kier molecular flexibility index (Phi) is 5.10. The fourth-order valence-corrected chi connectivity index (χ4v) is 3.79. The molecule has 0 bridgehead atoms. The van der Waals surface area contributed by atoms with E-state index in [1.54, 1.807) is 4.57 Å². The van der Waals surface area contributed by atoms with Crippen molar-refractivity contribution in [3.8, 4) is 5.75 Å². The van der Waals surface area contributed by atoms with E-state index in [9.17, 15) is 18.4 Å². The summed E-state index contributed by atoms with van der Waals surface area (Å²) in [5, 5.41) is 2.52. The lowest BCUT2D eigenvalue weighted by atomic mass is 10.1. The van der Waals surface area contributed by atoms with E-state index in [0.29, 0.717) is 25.4 Å². The van der Waals surface area contributed by atoms with Gasteiger partial charge in [0.2, 0.25) is 5.43 Å². The van der Waals surface area contributed by atoms with Crippen molar-refractivity contribution in [1.29, 1.82) is 0 Å². The summed E-state index contributed by atoms with van der Waals surface area (Å²) in [7, 11) is 1.39. The molecule has 1 saturated heterocycles. The Morgan fingerprint density at radius 3 is 2.90 bits per heavy atom. The zero-order chi connectivity index (χ0) is 20.7. The van der Waals surface area contributed by atoms with Gasteiger partial charge in [0.05, 0.1) is 26.0 Å². The lowest BCUT2D eigenvalue weighted by Gasteiger charge is -2.34. The standard InChI is InChI=1S/C20H21F2N3O4/c1-11-10-29-17-9-24-7-14(18(26)19(28-2)16(24)8-25(11)17)20(27)23-6-12-3-4-13(21)5-15(12)22/h3-5,7,11,17H,6,8-10H2,1-2H3,(H,23,27)/t11-,17+/m0/s1. The first-order chi connectivity index (χ1) is 13.9. The van der Waals surface area contributed by atoms with Crippen LogP contribution in [0.25, 0.3) is 0 Å². The Morgan fingerprint density at radius 1 is 1.38 bits per heavy atom. The molecule has 0 aliphatic carbocycles. The molecule has 1 aromatic heterocycles. The first-order valence-corrected chi connectivity index (χ1v) is 9.28. The number of hydrogen-bond acceptors (Lipinski definition) is 5. The zero-order valence-corrected chi connectivity index (χ0v) is 16.1. The number of carbonyl (C=O) groups is 1. The van der Waals surface area contributed by atoms with Crippen LogP contribution in [0, 0.1) is 11.6 Å². The van der Waals surface area contributed by atoms with Crippen LogP contribution in [0.2, 0.25) is 0 Å². The smallest absolute Gasteiger partial charge is 0.257 e. The second-order valence-electron chi connectivity index (χ2n) is 7.23. The van der Waals surface area contributed by atoms with E-state index in [2.05, 4.69) is 17.1 Å². The quantitative estimate of drug-likeness (QED) is 0.837. The Labute approximate surface area is 165 Å². The summed E-state index contributed by atoms with van der Waals surface area (Å²) in [6, 6.07) is 3.32. The molecule has 2 aliphatic rings. The molecule has 2 atom stereocenters. The lowest BCUT2D eigenvalue weighted by molar-refractivity contribution is -0.00315. The molecule has 9 heteroatoms. The third-order valence-corrected chi connectivity index (χ3v) is 5.40. The molecule has 3 heterocycles. The van der Waals surface area contributed by atoms with Crippen LogP contribution in [0.5, 0.6) is 5.75 Å². The van der Waals surface area contributed by atoms with Crippen molar-refractivity contribution in [2.24, 2.45) is 0 Å². The highest BCUT2D eigenvalue weighted by molar-refractivity contribution is 5.94. The maximum atomic E-state index is 13.8. The van der Waals surface area contributed by atoms with E-state index in [1.807, 2.05) is 0 Å². The van der Waals surface area contributed by atoms with Crippen LogP contribution in [0.15, 0.2) is 29.2 Å². The van der Waals surface area contributed by atoms with Gasteiger partial charge in [-0.15, -0.1) is 0 Å². The summed E-state index contributed by atoms with van der Waals surface area (Å²) < 4.78 is 39.7. The molecule has 1 fully saturated rings. The third kappa shape index (κ3) is 3.51. The SMILES string of the molecule is COc1c2n(cc(C(=O)NCc3ccc(F)cc3F)c1=O)C[C@H]1OC[C@H](C)N1C2. The predicted molar refractivity (Wildman–Crippen MR) is 99.5 cm³/mol. The lowest BCUT2D eigenvalue weighted by Crippen LogP contribution is -2.44. The number of rotatable bonds is 4. The van der Waals surface area contributed by atoms with Gasteiger partial charge >= 0.3 is 0 Å². The fourth-order valence-electron chi connectivity index (χ4n) is 3.79. The molecule has 0 saturated carbocycles.